The number of unbranched alkanes of at least 4 members (excludes halogenated alkanes) is 2. The van der Waals surface area contributed by atoms with E-state index in [1.165, 1.54) is 12.8 Å². The van der Waals surface area contributed by atoms with Crippen molar-refractivity contribution in [2.45, 2.75) is 59.5 Å². The fourth-order valence-corrected chi connectivity index (χ4v) is 1.28. The number of ether oxygens (including phenoxy) is 2. The molecule has 1 unspecified atom stereocenters. The van der Waals surface area contributed by atoms with E-state index in [-0.39, 0.29) is 18.7 Å². The Morgan fingerprint density at radius 1 is 1.31 bits per heavy atom. The summed E-state index contributed by atoms with van der Waals surface area (Å²) in [6.45, 7) is 7.92. The lowest BCUT2D eigenvalue weighted by Crippen LogP contribution is -2.18. The van der Waals surface area contributed by atoms with Gasteiger partial charge in [0.05, 0.1) is 12.4 Å². The summed E-state index contributed by atoms with van der Waals surface area (Å²) in [6, 6.07) is 0. The minimum absolute atomic E-state index is 0.00327. The van der Waals surface area contributed by atoms with Crippen molar-refractivity contribution >= 4 is 5.97 Å². The van der Waals surface area contributed by atoms with Crippen molar-refractivity contribution in [2.75, 3.05) is 6.61 Å². The van der Waals surface area contributed by atoms with Crippen LogP contribution in [0.4, 0.5) is 0 Å². The third-order valence-corrected chi connectivity index (χ3v) is 2.07. The Morgan fingerprint density at radius 3 is 2.56 bits per heavy atom. The maximum atomic E-state index is 11.3. The predicted molar refractivity (Wildman–Crippen MR) is 65.1 cm³/mol. The van der Waals surface area contributed by atoms with Gasteiger partial charge in [-0.15, -0.1) is 0 Å². The second-order valence-corrected chi connectivity index (χ2v) is 4.30. The molecule has 0 aromatic carbocycles. The van der Waals surface area contributed by atoms with Crippen LogP contribution in [0, 0.1) is 0 Å². The quantitative estimate of drug-likeness (QED) is 0.362. The van der Waals surface area contributed by atoms with E-state index < -0.39 is 0 Å². The summed E-state index contributed by atoms with van der Waals surface area (Å²) in [6.07, 6.45) is 5.99. The highest BCUT2D eigenvalue weighted by Crippen LogP contribution is 2.06. The van der Waals surface area contributed by atoms with Crippen LogP contribution in [0.1, 0.15) is 53.4 Å². The average molecular weight is 228 g/mol. The molecular weight excluding hydrogens is 204 g/mol. The van der Waals surface area contributed by atoms with E-state index in [2.05, 4.69) is 6.92 Å². The largest absolute Gasteiger partial charge is 0.490 e. The normalized spacial score (nSPS) is 11.8. The van der Waals surface area contributed by atoms with Gasteiger partial charge < -0.3 is 9.47 Å². The number of allylic oxidation sites excluding steroid dienone is 1. The highest BCUT2D eigenvalue weighted by molar-refractivity contribution is 5.70. The fraction of sp³-hybridized carbons (Fsp3) is 0.769. The first-order valence-electron chi connectivity index (χ1n) is 6.00. The molecular formula is C13H24O3. The zero-order valence-electron chi connectivity index (χ0n) is 10.9. The molecule has 16 heavy (non-hydrogen) atoms. The van der Waals surface area contributed by atoms with Crippen LogP contribution in [-0.4, -0.2) is 18.7 Å². The van der Waals surface area contributed by atoms with E-state index >= 15 is 0 Å². The number of rotatable bonds is 8. The Hall–Kier alpha value is -0.990. The van der Waals surface area contributed by atoms with Crippen molar-refractivity contribution in [3.63, 3.8) is 0 Å². The number of carbonyl (C=O) groups excluding carboxylic acids is 1. The molecule has 0 aliphatic carbocycles. The van der Waals surface area contributed by atoms with E-state index in [4.69, 9.17) is 9.47 Å². The summed E-state index contributed by atoms with van der Waals surface area (Å²) in [5.41, 5.74) is 1.03. The average Bonchev–Trinajstić information content (AvgIpc) is 2.17. The Balaban J connectivity index is 3.58. The van der Waals surface area contributed by atoms with Crippen LogP contribution >= 0.6 is 0 Å². The van der Waals surface area contributed by atoms with Gasteiger partial charge in [-0.05, 0) is 39.2 Å². The molecule has 0 aliphatic rings. The van der Waals surface area contributed by atoms with Gasteiger partial charge in [-0.3, -0.25) is 0 Å². The monoisotopic (exact) mass is 228 g/mol. The van der Waals surface area contributed by atoms with Crippen LogP contribution in [0.5, 0.6) is 0 Å². The predicted octanol–water partition coefficient (Wildman–Crippen LogP) is 3.44. The molecule has 0 fully saturated rings. The molecule has 0 saturated heterocycles. The molecule has 0 saturated carbocycles. The number of carbonyl (C=O) groups is 1. The van der Waals surface area contributed by atoms with Crippen molar-refractivity contribution < 1.29 is 14.3 Å². The van der Waals surface area contributed by atoms with Crippen LogP contribution in [-0.2, 0) is 14.3 Å². The second kappa shape index (κ2) is 9.25. The lowest BCUT2D eigenvalue weighted by Gasteiger charge is -2.12. The van der Waals surface area contributed by atoms with Crippen molar-refractivity contribution in [3.8, 4) is 0 Å². The molecule has 0 radical (unpaired) electrons. The maximum Gasteiger partial charge on any atom is 0.344 e. The van der Waals surface area contributed by atoms with Gasteiger partial charge in [0.2, 0.25) is 0 Å². The third kappa shape index (κ3) is 9.56. The topological polar surface area (TPSA) is 35.5 Å². The zero-order chi connectivity index (χ0) is 12.4. The Labute approximate surface area is 98.8 Å². The van der Waals surface area contributed by atoms with Crippen molar-refractivity contribution in [2.24, 2.45) is 0 Å². The van der Waals surface area contributed by atoms with Gasteiger partial charge in [-0.25, -0.2) is 4.79 Å². The fourth-order valence-electron chi connectivity index (χ4n) is 1.28. The molecule has 0 heterocycles. The van der Waals surface area contributed by atoms with Gasteiger partial charge >= 0.3 is 5.97 Å². The Kier molecular flexibility index (Phi) is 8.68. The second-order valence-electron chi connectivity index (χ2n) is 4.30. The van der Waals surface area contributed by atoms with Crippen molar-refractivity contribution in [1.29, 1.82) is 0 Å². The first-order valence-corrected chi connectivity index (χ1v) is 6.00. The highest BCUT2D eigenvalue weighted by Gasteiger charge is 2.08. The molecule has 0 rings (SSSR count). The first kappa shape index (κ1) is 15.0. The Bertz CT molecular complexity index is 217. The molecule has 3 nitrogen and oxygen atoms in total. The smallest absolute Gasteiger partial charge is 0.344 e. The van der Waals surface area contributed by atoms with Gasteiger partial charge in [0.1, 0.15) is 0 Å². The molecule has 0 aromatic heterocycles. The van der Waals surface area contributed by atoms with E-state index in [0.29, 0.717) is 0 Å². The summed E-state index contributed by atoms with van der Waals surface area (Å²) in [4.78, 5) is 11.3. The summed E-state index contributed by atoms with van der Waals surface area (Å²) < 4.78 is 10.2. The maximum absolute atomic E-state index is 11.3. The van der Waals surface area contributed by atoms with Crippen LogP contribution in [0.15, 0.2) is 11.8 Å². The molecule has 0 bridgehead atoms. The lowest BCUT2D eigenvalue weighted by molar-refractivity contribution is -0.152. The standard InChI is InChI=1S/C13H24O3/c1-5-6-7-8-12(4)16-13(14)10-15-9-11(2)3/h9,12H,5-8,10H2,1-4H3. The zero-order valence-corrected chi connectivity index (χ0v) is 10.9. The summed E-state index contributed by atoms with van der Waals surface area (Å²) in [5, 5.41) is 0. The molecule has 0 aromatic rings. The molecule has 0 N–H and O–H groups in total. The van der Waals surface area contributed by atoms with E-state index in [9.17, 15) is 4.79 Å². The van der Waals surface area contributed by atoms with Crippen LogP contribution in [0.2, 0.25) is 0 Å². The number of hydrogen-bond acceptors (Lipinski definition) is 3. The summed E-state index contributed by atoms with van der Waals surface area (Å²) >= 11 is 0. The van der Waals surface area contributed by atoms with Gasteiger partial charge in [-0.1, -0.05) is 19.8 Å². The van der Waals surface area contributed by atoms with E-state index in [1.807, 2.05) is 20.8 Å². The SMILES string of the molecule is CCCCCC(C)OC(=O)COC=C(C)C. The molecule has 3 heteroatoms. The molecule has 0 amide bonds. The van der Waals surface area contributed by atoms with Gasteiger partial charge in [0.15, 0.2) is 6.61 Å². The molecule has 0 aliphatic heterocycles. The van der Waals surface area contributed by atoms with Crippen molar-refractivity contribution in [1.82, 2.24) is 0 Å². The molecule has 94 valence electrons. The van der Waals surface area contributed by atoms with Crippen LogP contribution in [0.25, 0.3) is 0 Å². The summed E-state index contributed by atoms with van der Waals surface area (Å²) in [7, 11) is 0. The minimum Gasteiger partial charge on any atom is -0.490 e. The van der Waals surface area contributed by atoms with Gasteiger partial charge in [0, 0.05) is 0 Å². The van der Waals surface area contributed by atoms with Gasteiger partial charge in [0.25, 0.3) is 0 Å². The minimum atomic E-state index is -0.290. The van der Waals surface area contributed by atoms with E-state index in [0.717, 1.165) is 18.4 Å². The summed E-state index contributed by atoms with van der Waals surface area (Å²) in [5.74, 6) is -0.290. The number of esters is 1. The third-order valence-electron chi connectivity index (χ3n) is 2.07. The van der Waals surface area contributed by atoms with Crippen molar-refractivity contribution in [3.05, 3.63) is 11.8 Å². The van der Waals surface area contributed by atoms with Crippen LogP contribution < -0.4 is 0 Å². The molecule has 0 spiro atoms. The highest BCUT2D eigenvalue weighted by atomic mass is 16.6. The first-order chi connectivity index (χ1) is 7.56. The van der Waals surface area contributed by atoms with Crippen LogP contribution in [0.3, 0.4) is 0 Å². The lowest BCUT2D eigenvalue weighted by atomic mass is 10.1. The Morgan fingerprint density at radius 2 is 2.00 bits per heavy atom. The molecule has 1 atom stereocenters. The van der Waals surface area contributed by atoms with Gasteiger partial charge in [-0.2, -0.15) is 0 Å². The van der Waals surface area contributed by atoms with E-state index in [1.54, 1.807) is 6.26 Å². The number of hydrogen-bond donors (Lipinski definition) is 0.